The summed E-state index contributed by atoms with van der Waals surface area (Å²) in [5.74, 6) is 0. The molecule has 7 nitrogen and oxygen atoms in total. The number of alkyl halides is 3. The van der Waals surface area contributed by atoms with Crippen LogP contribution in [0.1, 0.15) is 18.1 Å². The van der Waals surface area contributed by atoms with Crippen molar-refractivity contribution in [3.63, 3.8) is 0 Å². The summed E-state index contributed by atoms with van der Waals surface area (Å²) in [5, 5.41) is 2.72. The van der Waals surface area contributed by atoms with E-state index in [2.05, 4.69) is 22.3 Å². The standard InChI is InChI=1S/C25H27F3N4O3/c1-18-10-11-31(24(34)32(18)21-9-5-8-20(14-21)25(26,27)28)23(33)29-15-22-17-30(12-13-35-22)16-19-6-3-2-4-7-19/h2-11,14,18,22H,12-13,15-17H2,1H3,(H,29,33). The van der Waals surface area contributed by atoms with E-state index >= 15 is 0 Å². The van der Waals surface area contributed by atoms with E-state index in [-0.39, 0.29) is 18.3 Å². The highest BCUT2D eigenvalue weighted by atomic mass is 19.4. The molecule has 2 aliphatic heterocycles. The first-order valence-electron chi connectivity index (χ1n) is 11.4. The van der Waals surface area contributed by atoms with E-state index in [1.54, 1.807) is 13.0 Å². The second-order valence-electron chi connectivity index (χ2n) is 8.55. The minimum absolute atomic E-state index is 0.0617. The van der Waals surface area contributed by atoms with Gasteiger partial charge in [0.25, 0.3) is 0 Å². The molecule has 186 valence electrons. The summed E-state index contributed by atoms with van der Waals surface area (Å²) in [6.07, 6.45) is -1.87. The van der Waals surface area contributed by atoms with Crippen LogP contribution in [-0.4, -0.2) is 60.2 Å². The van der Waals surface area contributed by atoms with Gasteiger partial charge < -0.3 is 10.1 Å². The molecule has 10 heteroatoms. The lowest BCUT2D eigenvalue weighted by Gasteiger charge is -2.36. The summed E-state index contributed by atoms with van der Waals surface area (Å²) >= 11 is 0. The zero-order chi connectivity index (χ0) is 25.0. The molecule has 1 saturated heterocycles. The molecule has 0 saturated carbocycles. The number of carbonyl (C=O) groups is 2. The highest BCUT2D eigenvalue weighted by Crippen LogP contribution is 2.33. The molecular formula is C25H27F3N4O3. The maximum Gasteiger partial charge on any atom is 0.416 e. The van der Waals surface area contributed by atoms with Crippen molar-refractivity contribution < 1.29 is 27.5 Å². The Balaban J connectivity index is 1.37. The molecule has 2 aromatic rings. The molecule has 0 bridgehead atoms. The van der Waals surface area contributed by atoms with Crippen LogP contribution >= 0.6 is 0 Å². The second-order valence-corrected chi connectivity index (χ2v) is 8.55. The fraction of sp³-hybridized carbons (Fsp3) is 0.360. The first-order valence-corrected chi connectivity index (χ1v) is 11.4. The number of anilines is 1. The van der Waals surface area contributed by atoms with Crippen molar-refractivity contribution in [3.05, 3.63) is 78.0 Å². The Hall–Kier alpha value is -3.37. The van der Waals surface area contributed by atoms with Crippen molar-refractivity contribution >= 4 is 17.7 Å². The number of carbonyl (C=O) groups excluding carboxylic acids is 2. The third kappa shape index (κ3) is 6.01. The number of hydrogen-bond donors (Lipinski definition) is 1. The number of nitrogens with one attached hydrogen (secondary N) is 1. The van der Waals surface area contributed by atoms with Crippen molar-refractivity contribution in [3.8, 4) is 0 Å². The van der Waals surface area contributed by atoms with Crippen LogP contribution in [-0.2, 0) is 17.5 Å². The van der Waals surface area contributed by atoms with Crippen LogP contribution in [0.25, 0.3) is 0 Å². The van der Waals surface area contributed by atoms with Crippen molar-refractivity contribution in [2.45, 2.75) is 31.8 Å². The maximum atomic E-state index is 13.2. The smallest absolute Gasteiger partial charge is 0.374 e. The number of amides is 4. The van der Waals surface area contributed by atoms with Crippen molar-refractivity contribution in [2.24, 2.45) is 0 Å². The van der Waals surface area contributed by atoms with E-state index in [4.69, 9.17) is 4.74 Å². The van der Waals surface area contributed by atoms with Crippen LogP contribution in [0.2, 0.25) is 0 Å². The number of urea groups is 2. The second kappa shape index (κ2) is 10.5. The minimum Gasteiger partial charge on any atom is -0.374 e. The summed E-state index contributed by atoms with van der Waals surface area (Å²) in [6.45, 7) is 4.55. The third-order valence-electron chi connectivity index (χ3n) is 5.96. The third-order valence-corrected chi connectivity index (χ3v) is 5.96. The van der Waals surface area contributed by atoms with Gasteiger partial charge in [-0.2, -0.15) is 13.2 Å². The Morgan fingerprint density at radius 3 is 2.66 bits per heavy atom. The molecule has 0 aliphatic carbocycles. The quantitative estimate of drug-likeness (QED) is 0.675. The van der Waals surface area contributed by atoms with Gasteiger partial charge in [-0.1, -0.05) is 36.4 Å². The van der Waals surface area contributed by atoms with E-state index in [0.717, 1.165) is 35.0 Å². The van der Waals surface area contributed by atoms with Crippen molar-refractivity contribution in [1.82, 2.24) is 15.1 Å². The van der Waals surface area contributed by atoms with Crippen molar-refractivity contribution in [1.29, 1.82) is 0 Å². The van der Waals surface area contributed by atoms with Gasteiger partial charge in [0.2, 0.25) is 0 Å². The van der Waals surface area contributed by atoms with Gasteiger partial charge in [0.05, 0.1) is 24.3 Å². The van der Waals surface area contributed by atoms with Gasteiger partial charge in [-0.25, -0.2) is 14.5 Å². The number of halogens is 3. The van der Waals surface area contributed by atoms with Gasteiger partial charge >= 0.3 is 18.2 Å². The molecule has 2 atom stereocenters. The van der Waals surface area contributed by atoms with Crippen LogP contribution in [0.4, 0.5) is 28.4 Å². The molecule has 2 unspecified atom stereocenters. The highest BCUT2D eigenvalue weighted by molar-refractivity contribution is 6.04. The predicted octanol–water partition coefficient (Wildman–Crippen LogP) is 4.46. The number of hydrogen-bond acceptors (Lipinski definition) is 4. The van der Waals surface area contributed by atoms with E-state index in [0.29, 0.717) is 13.2 Å². The Bertz CT molecular complexity index is 1080. The number of imide groups is 1. The molecule has 1 N–H and O–H groups in total. The van der Waals surface area contributed by atoms with Crippen LogP contribution in [0, 0.1) is 0 Å². The first-order chi connectivity index (χ1) is 16.7. The number of morpholine rings is 1. The molecule has 1 fully saturated rings. The Morgan fingerprint density at radius 1 is 1.14 bits per heavy atom. The lowest BCUT2D eigenvalue weighted by Crippen LogP contribution is -2.54. The zero-order valence-corrected chi connectivity index (χ0v) is 19.2. The van der Waals surface area contributed by atoms with E-state index in [9.17, 15) is 22.8 Å². The molecule has 2 aromatic carbocycles. The number of ether oxygens (including phenoxy) is 1. The van der Waals surface area contributed by atoms with Crippen LogP contribution in [0.5, 0.6) is 0 Å². The zero-order valence-electron chi connectivity index (χ0n) is 19.2. The summed E-state index contributed by atoms with van der Waals surface area (Å²) in [5.41, 5.74) is 0.381. The molecule has 0 spiro atoms. The topological polar surface area (TPSA) is 65.1 Å². The maximum absolute atomic E-state index is 13.2. The average Bonchev–Trinajstić information content (AvgIpc) is 2.83. The van der Waals surface area contributed by atoms with Crippen LogP contribution < -0.4 is 10.2 Å². The first kappa shape index (κ1) is 24.7. The molecule has 0 radical (unpaired) electrons. The molecule has 35 heavy (non-hydrogen) atoms. The van der Waals surface area contributed by atoms with E-state index < -0.39 is 29.8 Å². The summed E-state index contributed by atoms with van der Waals surface area (Å²) in [6, 6.07) is 12.6. The molecule has 4 amide bonds. The molecule has 2 heterocycles. The molecule has 2 aliphatic rings. The lowest BCUT2D eigenvalue weighted by atomic mass is 10.1. The summed E-state index contributed by atoms with van der Waals surface area (Å²) in [4.78, 5) is 30.1. The average molecular weight is 489 g/mol. The van der Waals surface area contributed by atoms with Gasteiger partial charge in [-0.05, 0) is 36.8 Å². The number of nitrogens with zero attached hydrogens (tertiary/aromatic N) is 3. The predicted molar refractivity (Wildman–Crippen MR) is 125 cm³/mol. The van der Waals surface area contributed by atoms with Crippen molar-refractivity contribution in [2.75, 3.05) is 31.1 Å². The van der Waals surface area contributed by atoms with Crippen LogP contribution in [0.15, 0.2) is 66.9 Å². The Morgan fingerprint density at radius 2 is 1.91 bits per heavy atom. The highest BCUT2D eigenvalue weighted by Gasteiger charge is 2.35. The van der Waals surface area contributed by atoms with E-state index in [1.807, 2.05) is 18.2 Å². The fourth-order valence-corrected chi connectivity index (χ4v) is 4.16. The Labute approximate surface area is 201 Å². The van der Waals surface area contributed by atoms with Gasteiger partial charge in [-0.3, -0.25) is 9.80 Å². The SMILES string of the molecule is CC1C=CN(C(=O)NCC2CN(Cc3ccccc3)CCO2)C(=O)N1c1cccc(C(F)(F)F)c1. The normalized spacial score (nSPS) is 21.3. The summed E-state index contributed by atoms with van der Waals surface area (Å²) < 4.78 is 45.2. The Kier molecular flexibility index (Phi) is 7.42. The van der Waals surface area contributed by atoms with Gasteiger partial charge in [0.1, 0.15) is 0 Å². The molecule has 0 aromatic heterocycles. The number of benzene rings is 2. The van der Waals surface area contributed by atoms with Gasteiger partial charge in [0, 0.05) is 38.1 Å². The molecular weight excluding hydrogens is 461 g/mol. The van der Waals surface area contributed by atoms with Crippen LogP contribution in [0.3, 0.4) is 0 Å². The van der Waals surface area contributed by atoms with Gasteiger partial charge in [0.15, 0.2) is 0 Å². The van der Waals surface area contributed by atoms with Gasteiger partial charge in [-0.15, -0.1) is 0 Å². The summed E-state index contributed by atoms with van der Waals surface area (Å²) in [7, 11) is 0. The lowest BCUT2D eigenvalue weighted by molar-refractivity contribution is -0.137. The fourth-order valence-electron chi connectivity index (χ4n) is 4.16. The number of rotatable bonds is 5. The monoisotopic (exact) mass is 488 g/mol. The minimum atomic E-state index is -4.54. The van der Waals surface area contributed by atoms with E-state index in [1.165, 1.54) is 23.9 Å². The largest absolute Gasteiger partial charge is 0.416 e. The molecule has 4 rings (SSSR count).